The number of halogens is 1. The summed E-state index contributed by atoms with van der Waals surface area (Å²) >= 11 is 3.43. The second-order valence-electron chi connectivity index (χ2n) is 3.77. The Morgan fingerprint density at radius 1 is 1.35 bits per heavy atom. The molecule has 0 aliphatic heterocycles. The average Bonchev–Trinajstić information content (AvgIpc) is 2.77. The minimum atomic E-state index is -0.252. The second-order valence-corrected chi connectivity index (χ2v) is 4.69. The highest BCUT2D eigenvalue weighted by atomic mass is 79.9. The van der Waals surface area contributed by atoms with Crippen molar-refractivity contribution in [3.8, 4) is 0 Å². The van der Waals surface area contributed by atoms with Crippen LogP contribution in [0.15, 0.2) is 45.3 Å². The van der Waals surface area contributed by atoms with Gasteiger partial charge in [-0.3, -0.25) is 0 Å². The number of furan rings is 1. The van der Waals surface area contributed by atoms with Crippen LogP contribution in [-0.2, 0) is 11.3 Å². The molecule has 17 heavy (non-hydrogen) atoms. The molecule has 0 aliphatic rings. The van der Waals surface area contributed by atoms with Crippen molar-refractivity contribution in [2.45, 2.75) is 12.6 Å². The van der Waals surface area contributed by atoms with E-state index in [1.807, 2.05) is 36.4 Å². The Labute approximate surface area is 109 Å². The van der Waals surface area contributed by atoms with Crippen LogP contribution in [0.4, 0.5) is 0 Å². The molecule has 2 rings (SSSR count). The van der Waals surface area contributed by atoms with E-state index < -0.39 is 0 Å². The van der Waals surface area contributed by atoms with Gasteiger partial charge in [-0.05, 0) is 29.8 Å². The molecule has 4 heteroatoms. The van der Waals surface area contributed by atoms with E-state index in [1.54, 1.807) is 7.11 Å². The Balaban J connectivity index is 2.21. The highest BCUT2D eigenvalue weighted by Crippen LogP contribution is 2.24. The van der Waals surface area contributed by atoms with Crippen LogP contribution in [0.25, 0.3) is 0 Å². The minimum Gasteiger partial charge on any atom is -0.462 e. The van der Waals surface area contributed by atoms with E-state index in [0.29, 0.717) is 6.61 Å². The third-order valence-corrected chi connectivity index (χ3v) is 2.98. The summed E-state index contributed by atoms with van der Waals surface area (Å²) in [6.45, 7) is 0.463. The number of hydrogen-bond acceptors (Lipinski definition) is 3. The van der Waals surface area contributed by atoms with E-state index in [0.717, 1.165) is 21.6 Å². The number of hydrogen-bond donors (Lipinski definition) is 1. The van der Waals surface area contributed by atoms with Gasteiger partial charge >= 0.3 is 0 Å². The average molecular weight is 296 g/mol. The van der Waals surface area contributed by atoms with E-state index in [9.17, 15) is 0 Å². The molecule has 1 aromatic carbocycles. The summed E-state index contributed by atoms with van der Waals surface area (Å²) in [6.07, 6.45) is 0. The number of benzene rings is 1. The van der Waals surface area contributed by atoms with Gasteiger partial charge in [0.25, 0.3) is 0 Å². The van der Waals surface area contributed by atoms with Crippen molar-refractivity contribution in [2.75, 3.05) is 7.11 Å². The third kappa shape index (κ3) is 2.97. The molecule has 0 amide bonds. The summed E-state index contributed by atoms with van der Waals surface area (Å²) < 4.78 is 11.6. The normalized spacial score (nSPS) is 12.6. The lowest BCUT2D eigenvalue weighted by Crippen LogP contribution is -2.10. The third-order valence-electron chi connectivity index (χ3n) is 2.48. The van der Waals surface area contributed by atoms with E-state index in [2.05, 4.69) is 15.9 Å². The quantitative estimate of drug-likeness (QED) is 0.942. The lowest BCUT2D eigenvalue weighted by Gasteiger charge is -2.09. The Morgan fingerprint density at radius 3 is 2.88 bits per heavy atom. The van der Waals surface area contributed by atoms with Gasteiger partial charge in [0, 0.05) is 11.6 Å². The molecule has 0 bridgehead atoms. The Bertz CT molecular complexity index is 496. The largest absolute Gasteiger partial charge is 0.462 e. The van der Waals surface area contributed by atoms with Gasteiger partial charge in [0.05, 0.1) is 6.04 Å². The molecule has 0 spiro atoms. The van der Waals surface area contributed by atoms with Crippen LogP contribution in [0, 0.1) is 0 Å². The zero-order valence-corrected chi connectivity index (χ0v) is 11.1. The van der Waals surface area contributed by atoms with Crippen molar-refractivity contribution in [2.24, 2.45) is 5.73 Å². The summed E-state index contributed by atoms with van der Waals surface area (Å²) in [5.74, 6) is 1.53. The van der Waals surface area contributed by atoms with Crippen LogP contribution >= 0.6 is 15.9 Å². The van der Waals surface area contributed by atoms with E-state index in [4.69, 9.17) is 14.9 Å². The maximum absolute atomic E-state index is 6.14. The number of ether oxygens (including phenoxy) is 1. The molecule has 90 valence electrons. The monoisotopic (exact) mass is 295 g/mol. The van der Waals surface area contributed by atoms with Crippen molar-refractivity contribution in [3.05, 3.63) is 58.0 Å². The van der Waals surface area contributed by atoms with Gasteiger partial charge in [0.15, 0.2) is 0 Å². The fourth-order valence-electron chi connectivity index (χ4n) is 1.65. The van der Waals surface area contributed by atoms with Crippen LogP contribution in [-0.4, -0.2) is 7.11 Å². The second kappa shape index (κ2) is 5.49. The SMILES string of the molecule is COCc1ccc(C(N)c2cccc(Br)c2)o1. The molecule has 0 fully saturated rings. The topological polar surface area (TPSA) is 48.4 Å². The molecule has 1 heterocycles. The Kier molecular flexibility index (Phi) is 3.99. The molecule has 2 N–H and O–H groups in total. The first-order chi connectivity index (χ1) is 8.20. The highest BCUT2D eigenvalue weighted by Gasteiger charge is 2.13. The van der Waals surface area contributed by atoms with Gasteiger partial charge in [-0.2, -0.15) is 0 Å². The lowest BCUT2D eigenvalue weighted by molar-refractivity contribution is 0.162. The zero-order valence-electron chi connectivity index (χ0n) is 9.52. The van der Waals surface area contributed by atoms with Crippen LogP contribution in [0.2, 0.25) is 0 Å². The van der Waals surface area contributed by atoms with Crippen molar-refractivity contribution in [1.82, 2.24) is 0 Å². The van der Waals surface area contributed by atoms with Gasteiger partial charge in [-0.1, -0.05) is 28.1 Å². The maximum Gasteiger partial charge on any atom is 0.129 e. The fourth-order valence-corrected chi connectivity index (χ4v) is 2.06. The van der Waals surface area contributed by atoms with E-state index in [1.165, 1.54) is 0 Å². The first kappa shape index (κ1) is 12.4. The summed E-state index contributed by atoms with van der Waals surface area (Å²) in [5.41, 5.74) is 7.15. The molecule has 0 aliphatic carbocycles. The first-order valence-corrected chi connectivity index (χ1v) is 6.08. The Hall–Kier alpha value is -1.10. The van der Waals surface area contributed by atoms with Crippen LogP contribution in [0.3, 0.4) is 0 Å². The van der Waals surface area contributed by atoms with Crippen molar-refractivity contribution < 1.29 is 9.15 Å². The molecular weight excluding hydrogens is 282 g/mol. The molecule has 1 aromatic heterocycles. The van der Waals surface area contributed by atoms with Gasteiger partial charge in [-0.15, -0.1) is 0 Å². The molecule has 0 radical (unpaired) electrons. The van der Waals surface area contributed by atoms with E-state index in [-0.39, 0.29) is 6.04 Å². The van der Waals surface area contributed by atoms with Crippen LogP contribution in [0.1, 0.15) is 23.1 Å². The number of nitrogens with two attached hydrogens (primary N) is 1. The zero-order chi connectivity index (χ0) is 12.3. The van der Waals surface area contributed by atoms with E-state index >= 15 is 0 Å². The molecule has 2 aromatic rings. The molecular formula is C13H14BrNO2. The summed E-state index contributed by atoms with van der Waals surface area (Å²) in [5, 5.41) is 0. The standard InChI is InChI=1S/C13H14BrNO2/c1-16-8-11-5-6-12(17-11)13(15)9-3-2-4-10(14)7-9/h2-7,13H,8,15H2,1H3. The number of rotatable bonds is 4. The molecule has 0 saturated heterocycles. The predicted octanol–water partition coefficient (Wildman–Crippen LogP) is 3.24. The smallest absolute Gasteiger partial charge is 0.129 e. The van der Waals surface area contributed by atoms with Gasteiger partial charge in [0.1, 0.15) is 18.1 Å². The summed E-state index contributed by atoms with van der Waals surface area (Å²) in [7, 11) is 1.64. The van der Waals surface area contributed by atoms with Crippen molar-refractivity contribution in [1.29, 1.82) is 0 Å². The van der Waals surface area contributed by atoms with Crippen LogP contribution in [0.5, 0.6) is 0 Å². The fraction of sp³-hybridized carbons (Fsp3) is 0.231. The molecule has 3 nitrogen and oxygen atoms in total. The van der Waals surface area contributed by atoms with Gasteiger partial charge < -0.3 is 14.9 Å². The Morgan fingerprint density at radius 2 is 2.18 bits per heavy atom. The van der Waals surface area contributed by atoms with Gasteiger partial charge in [0.2, 0.25) is 0 Å². The molecule has 1 atom stereocenters. The van der Waals surface area contributed by atoms with Gasteiger partial charge in [-0.25, -0.2) is 0 Å². The molecule has 0 saturated carbocycles. The maximum atomic E-state index is 6.14. The molecule has 1 unspecified atom stereocenters. The lowest BCUT2D eigenvalue weighted by atomic mass is 10.1. The predicted molar refractivity (Wildman–Crippen MR) is 69.6 cm³/mol. The van der Waals surface area contributed by atoms with Crippen molar-refractivity contribution in [3.63, 3.8) is 0 Å². The van der Waals surface area contributed by atoms with Crippen LogP contribution < -0.4 is 5.73 Å². The first-order valence-electron chi connectivity index (χ1n) is 5.29. The minimum absolute atomic E-state index is 0.252. The summed E-state index contributed by atoms with van der Waals surface area (Å²) in [6, 6.07) is 11.4. The van der Waals surface area contributed by atoms with Crippen molar-refractivity contribution >= 4 is 15.9 Å². The summed E-state index contributed by atoms with van der Waals surface area (Å²) in [4.78, 5) is 0. The number of methoxy groups -OCH3 is 1. The highest BCUT2D eigenvalue weighted by molar-refractivity contribution is 9.10.